The molecule has 0 saturated carbocycles. The van der Waals surface area contributed by atoms with Crippen molar-refractivity contribution in [2.24, 2.45) is 0 Å². The fraction of sp³-hybridized carbons (Fsp3) is 0.685. The molecular weight excluding hydrogens is 973 g/mol. The summed E-state index contributed by atoms with van der Waals surface area (Å²) >= 11 is 0. The lowest BCUT2D eigenvalue weighted by molar-refractivity contribution is -0.166. The van der Waals surface area contributed by atoms with Crippen molar-refractivity contribution in [3.63, 3.8) is 0 Å². The van der Waals surface area contributed by atoms with E-state index in [0.29, 0.717) is 12.8 Å². The Kier molecular flexibility index (Phi) is 62.8. The number of rotatable bonds is 59. The molecule has 6 nitrogen and oxygen atoms in total. The summed E-state index contributed by atoms with van der Waals surface area (Å²) in [6, 6.07) is 0. The SMILES string of the molecule is CC/C=C\C/C=C\C/C=C\C/C=C\C/C=C\CC(=O)OC(COC(=O)CCCCCCC/C=C\CCCCCC)COC(=O)CCCCCCCCCCCCCCCCCCCCCC/C=C\C/C=C\C/C=C\C/C=C\CC. The van der Waals surface area contributed by atoms with E-state index >= 15 is 0 Å². The maximum absolute atomic E-state index is 12.8. The summed E-state index contributed by atoms with van der Waals surface area (Å²) in [4.78, 5) is 38.2. The van der Waals surface area contributed by atoms with Gasteiger partial charge in [-0.2, -0.15) is 0 Å². The zero-order valence-corrected chi connectivity index (χ0v) is 51.6. The average molecular weight is 1100 g/mol. The molecule has 0 fully saturated rings. The quantitative estimate of drug-likeness (QED) is 0.0261. The zero-order valence-electron chi connectivity index (χ0n) is 51.6. The van der Waals surface area contributed by atoms with Crippen LogP contribution in [0, 0.1) is 0 Å². The molecule has 1 unspecified atom stereocenters. The number of unbranched alkanes of at least 4 members (excludes halogenated alkanes) is 29. The molecule has 0 aliphatic carbocycles. The predicted octanol–water partition coefficient (Wildman–Crippen LogP) is 22.8. The van der Waals surface area contributed by atoms with Gasteiger partial charge in [0.15, 0.2) is 6.10 Å². The second-order valence-corrected chi connectivity index (χ2v) is 21.6. The molecule has 0 amide bonds. The standard InChI is InChI=1S/C73H122O6/c1-4-7-10-13-16-19-22-25-27-28-29-30-31-32-33-34-35-36-37-38-39-40-41-42-43-44-46-48-51-54-57-60-63-66-72(75)78-69-70(68-77-71(74)65-62-59-56-53-50-47-24-21-18-15-12-9-6-3)79-73(76)67-64-61-58-55-52-49-45-26-23-20-17-14-11-8-5-2/h7-8,10-11,16-17,19-21,24-27,29-30,45,52,55,61,64,70H,4-6,9,12-15,18,22-23,28,31-44,46-51,53-54,56-60,62-63,65-69H2,1-3H3/b10-7-,11-8-,19-16-,20-17-,24-21-,27-25-,30-29-,45-26-,55-52-,64-61-. The van der Waals surface area contributed by atoms with Crippen LogP contribution in [0.1, 0.15) is 303 Å². The zero-order chi connectivity index (χ0) is 57.1. The maximum atomic E-state index is 12.8. The van der Waals surface area contributed by atoms with Crippen LogP contribution in [0.15, 0.2) is 122 Å². The first-order valence-corrected chi connectivity index (χ1v) is 33.0. The Morgan fingerprint density at radius 1 is 0.278 bits per heavy atom. The lowest BCUT2D eigenvalue weighted by Crippen LogP contribution is -2.30. The molecular formula is C73H122O6. The summed E-state index contributed by atoms with van der Waals surface area (Å²) in [5.74, 6) is -1.05. The van der Waals surface area contributed by atoms with E-state index in [1.807, 2.05) is 6.08 Å². The van der Waals surface area contributed by atoms with Crippen LogP contribution in [0.5, 0.6) is 0 Å². The number of allylic oxidation sites excluding steroid dienone is 19. The summed E-state index contributed by atoms with van der Waals surface area (Å²) in [5.41, 5.74) is 0. The van der Waals surface area contributed by atoms with Crippen LogP contribution in [-0.4, -0.2) is 37.2 Å². The third-order valence-electron chi connectivity index (χ3n) is 14.0. The largest absolute Gasteiger partial charge is 0.462 e. The minimum absolute atomic E-state index is 0.0942. The van der Waals surface area contributed by atoms with Crippen molar-refractivity contribution in [3.05, 3.63) is 122 Å². The molecule has 450 valence electrons. The first-order valence-electron chi connectivity index (χ1n) is 33.0. The highest BCUT2D eigenvalue weighted by molar-refractivity contribution is 5.72. The van der Waals surface area contributed by atoms with Crippen LogP contribution >= 0.6 is 0 Å². The Hall–Kier alpha value is -4.19. The molecule has 0 aliphatic heterocycles. The molecule has 0 spiro atoms. The third-order valence-corrected chi connectivity index (χ3v) is 14.0. The van der Waals surface area contributed by atoms with Crippen molar-refractivity contribution in [2.75, 3.05) is 13.2 Å². The van der Waals surface area contributed by atoms with Crippen LogP contribution in [0.4, 0.5) is 0 Å². The molecule has 0 heterocycles. The topological polar surface area (TPSA) is 78.9 Å². The van der Waals surface area contributed by atoms with Crippen LogP contribution in [0.25, 0.3) is 0 Å². The van der Waals surface area contributed by atoms with Crippen molar-refractivity contribution in [1.82, 2.24) is 0 Å². The van der Waals surface area contributed by atoms with Gasteiger partial charge in [0.05, 0.1) is 6.42 Å². The van der Waals surface area contributed by atoms with Crippen LogP contribution in [0.2, 0.25) is 0 Å². The van der Waals surface area contributed by atoms with Crippen LogP contribution < -0.4 is 0 Å². The van der Waals surface area contributed by atoms with Gasteiger partial charge < -0.3 is 14.2 Å². The number of carbonyl (C=O) groups excluding carboxylic acids is 3. The second kappa shape index (κ2) is 66.3. The van der Waals surface area contributed by atoms with Gasteiger partial charge in [0, 0.05) is 12.8 Å². The minimum Gasteiger partial charge on any atom is -0.462 e. The van der Waals surface area contributed by atoms with Gasteiger partial charge >= 0.3 is 17.9 Å². The van der Waals surface area contributed by atoms with Crippen molar-refractivity contribution in [1.29, 1.82) is 0 Å². The molecule has 1 atom stereocenters. The smallest absolute Gasteiger partial charge is 0.310 e. The first-order chi connectivity index (χ1) is 39.0. The summed E-state index contributed by atoms with van der Waals surface area (Å²) < 4.78 is 16.8. The van der Waals surface area contributed by atoms with Crippen LogP contribution in [0.3, 0.4) is 0 Å². The summed E-state index contributed by atoms with van der Waals surface area (Å²) in [6.45, 7) is 6.32. The number of hydrogen-bond acceptors (Lipinski definition) is 6. The number of hydrogen-bond donors (Lipinski definition) is 0. The van der Waals surface area contributed by atoms with Gasteiger partial charge in [-0.3, -0.25) is 14.4 Å². The minimum atomic E-state index is -0.836. The van der Waals surface area contributed by atoms with Crippen molar-refractivity contribution >= 4 is 17.9 Å². The molecule has 0 aromatic heterocycles. The van der Waals surface area contributed by atoms with E-state index in [2.05, 4.69) is 130 Å². The monoisotopic (exact) mass is 1090 g/mol. The highest BCUT2D eigenvalue weighted by Crippen LogP contribution is 2.17. The van der Waals surface area contributed by atoms with Gasteiger partial charge in [-0.25, -0.2) is 0 Å². The fourth-order valence-electron chi connectivity index (χ4n) is 9.09. The van der Waals surface area contributed by atoms with Crippen molar-refractivity contribution < 1.29 is 28.6 Å². The maximum Gasteiger partial charge on any atom is 0.310 e. The molecule has 0 bridgehead atoms. The second-order valence-electron chi connectivity index (χ2n) is 21.6. The van der Waals surface area contributed by atoms with Gasteiger partial charge in [0.1, 0.15) is 13.2 Å². The summed E-state index contributed by atoms with van der Waals surface area (Å²) in [6.07, 6.45) is 92.6. The lowest BCUT2D eigenvalue weighted by atomic mass is 10.0. The highest BCUT2D eigenvalue weighted by atomic mass is 16.6. The molecule has 79 heavy (non-hydrogen) atoms. The molecule has 0 aromatic carbocycles. The summed E-state index contributed by atoms with van der Waals surface area (Å²) in [7, 11) is 0. The predicted molar refractivity (Wildman–Crippen MR) is 343 cm³/mol. The number of esters is 3. The Bertz CT molecular complexity index is 1640. The lowest BCUT2D eigenvalue weighted by Gasteiger charge is -2.18. The Balaban J connectivity index is 4.20. The molecule has 0 saturated heterocycles. The van der Waals surface area contributed by atoms with Gasteiger partial charge in [0.25, 0.3) is 0 Å². The average Bonchev–Trinajstić information content (AvgIpc) is 3.45. The highest BCUT2D eigenvalue weighted by Gasteiger charge is 2.19. The van der Waals surface area contributed by atoms with E-state index in [1.54, 1.807) is 6.08 Å². The van der Waals surface area contributed by atoms with Gasteiger partial charge in [-0.05, 0) is 109 Å². The Morgan fingerprint density at radius 2 is 0.532 bits per heavy atom. The van der Waals surface area contributed by atoms with E-state index in [1.165, 1.54) is 154 Å². The van der Waals surface area contributed by atoms with E-state index < -0.39 is 12.1 Å². The van der Waals surface area contributed by atoms with E-state index in [0.717, 1.165) is 109 Å². The van der Waals surface area contributed by atoms with Gasteiger partial charge in [0.2, 0.25) is 0 Å². The Morgan fingerprint density at radius 3 is 0.848 bits per heavy atom. The molecule has 0 aromatic rings. The fourth-order valence-corrected chi connectivity index (χ4v) is 9.09. The van der Waals surface area contributed by atoms with Crippen LogP contribution in [-0.2, 0) is 28.6 Å². The third kappa shape index (κ3) is 64.5. The van der Waals surface area contributed by atoms with E-state index in [-0.39, 0.29) is 31.6 Å². The van der Waals surface area contributed by atoms with Gasteiger partial charge in [-0.15, -0.1) is 0 Å². The van der Waals surface area contributed by atoms with E-state index in [9.17, 15) is 14.4 Å². The van der Waals surface area contributed by atoms with Crippen molar-refractivity contribution in [2.45, 2.75) is 309 Å². The number of carbonyl (C=O) groups is 3. The first kappa shape index (κ1) is 74.8. The van der Waals surface area contributed by atoms with E-state index in [4.69, 9.17) is 14.2 Å². The normalized spacial score (nSPS) is 12.9. The Labute approximate surface area is 488 Å². The molecule has 0 aliphatic rings. The molecule has 6 heteroatoms. The van der Waals surface area contributed by atoms with Crippen molar-refractivity contribution in [3.8, 4) is 0 Å². The molecule has 0 radical (unpaired) electrons. The number of ether oxygens (including phenoxy) is 3. The molecule has 0 rings (SSSR count). The summed E-state index contributed by atoms with van der Waals surface area (Å²) in [5, 5.41) is 0. The van der Waals surface area contributed by atoms with Gasteiger partial charge in [-0.1, -0.05) is 296 Å². The molecule has 0 N–H and O–H groups in total.